The molecular formula is C20H26N2O5. The summed E-state index contributed by atoms with van der Waals surface area (Å²) >= 11 is 0. The molecule has 0 radical (unpaired) electrons. The Balaban J connectivity index is 1.49. The summed E-state index contributed by atoms with van der Waals surface area (Å²) in [6.45, 7) is 5.90. The Morgan fingerprint density at radius 1 is 1.15 bits per heavy atom. The number of morpholine rings is 1. The molecule has 2 aliphatic heterocycles. The van der Waals surface area contributed by atoms with Crippen molar-refractivity contribution in [2.45, 2.75) is 45.4 Å². The van der Waals surface area contributed by atoms with Gasteiger partial charge >= 0.3 is 5.97 Å². The van der Waals surface area contributed by atoms with E-state index in [1.54, 1.807) is 17.0 Å². The van der Waals surface area contributed by atoms with E-state index in [0.717, 1.165) is 18.5 Å². The molecular weight excluding hydrogens is 348 g/mol. The average Bonchev–Trinajstić information content (AvgIpc) is 3.04. The van der Waals surface area contributed by atoms with Crippen molar-refractivity contribution in [3.8, 4) is 0 Å². The second kappa shape index (κ2) is 8.52. The number of likely N-dealkylation sites (tertiary alicyclic amines) is 1. The summed E-state index contributed by atoms with van der Waals surface area (Å²) in [5, 5.41) is 0. The standard InChI is InChI=1S/C20H26N2O5/c1-14-10-22(11-15(2)27-14)19(24)13-26-20(25)17-7-5-16(6-8-17)12-21-9-3-4-18(21)23/h5-8,14-15H,3-4,9-13H2,1-2H3/t14-,15-/m1/s1. The molecule has 0 aliphatic carbocycles. The monoisotopic (exact) mass is 374 g/mol. The molecule has 2 aliphatic rings. The van der Waals surface area contributed by atoms with Crippen LogP contribution in [0, 0.1) is 0 Å². The first-order valence-corrected chi connectivity index (χ1v) is 9.39. The highest BCUT2D eigenvalue weighted by Gasteiger charge is 2.26. The Kier molecular flexibility index (Phi) is 6.11. The zero-order valence-electron chi connectivity index (χ0n) is 15.8. The van der Waals surface area contributed by atoms with Crippen LogP contribution in [0.4, 0.5) is 0 Å². The van der Waals surface area contributed by atoms with Gasteiger partial charge in [0.15, 0.2) is 6.61 Å². The van der Waals surface area contributed by atoms with Crippen molar-refractivity contribution in [3.63, 3.8) is 0 Å². The molecule has 1 aromatic rings. The Morgan fingerprint density at radius 2 is 1.81 bits per heavy atom. The summed E-state index contributed by atoms with van der Waals surface area (Å²) in [6.07, 6.45) is 1.46. The van der Waals surface area contributed by atoms with Crippen LogP contribution in [-0.4, -0.2) is 66.0 Å². The third kappa shape index (κ3) is 5.07. The fraction of sp³-hybridized carbons (Fsp3) is 0.550. The second-order valence-electron chi connectivity index (χ2n) is 7.25. The molecule has 1 aromatic carbocycles. The van der Waals surface area contributed by atoms with E-state index >= 15 is 0 Å². The molecule has 7 heteroatoms. The molecule has 2 heterocycles. The molecule has 2 amide bonds. The third-order valence-electron chi connectivity index (χ3n) is 4.83. The number of esters is 1. The van der Waals surface area contributed by atoms with Crippen molar-refractivity contribution >= 4 is 17.8 Å². The number of hydrogen-bond acceptors (Lipinski definition) is 5. The molecule has 0 spiro atoms. The first-order chi connectivity index (χ1) is 12.9. The number of carbonyl (C=O) groups excluding carboxylic acids is 3. The Bertz CT molecular complexity index is 693. The van der Waals surface area contributed by atoms with Crippen molar-refractivity contribution in [1.29, 1.82) is 0 Å². The van der Waals surface area contributed by atoms with Gasteiger partial charge in [0.1, 0.15) is 0 Å². The Labute approximate surface area is 159 Å². The van der Waals surface area contributed by atoms with E-state index in [1.807, 2.05) is 30.9 Å². The van der Waals surface area contributed by atoms with Crippen molar-refractivity contribution in [3.05, 3.63) is 35.4 Å². The summed E-state index contributed by atoms with van der Waals surface area (Å²) < 4.78 is 10.8. The van der Waals surface area contributed by atoms with Crippen LogP contribution >= 0.6 is 0 Å². The molecule has 7 nitrogen and oxygen atoms in total. The van der Waals surface area contributed by atoms with E-state index in [-0.39, 0.29) is 30.6 Å². The van der Waals surface area contributed by atoms with Gasteiger partial charge in [0.05, 0.1) is 17.8 Å². The molecule has 0 aromatic heterocycles. The van der Waals surface area contributed by atoms with Crippen molar-refractivity contribution in [2.24, 2.45) is 0 Å². The highest BCUT2D eigenvalue weighted by Crippen LogP contribution is 2.15. The van der Waals surface area contributed by atoms with Crippen LogP contribution in [0.25, 0.3) is 0 Å². The molecule has 2 atom stereocenters. The summed E-state index contributed by atoms with van der Waals surface area (Å²) in [4.78, 5) is 39.6. The first-order valence-electron chi connectivity index (χ1n) is 9.39. The number of carbonyl (C=O) groups is 3. The van der Waals surface area contributed by atoms with Gasteiger partial charge in [0, 0.05) is 32.6 Å². The smallest absolute Gasteiger partial charge is 0.338 e. The van der Waals surface area contributed by atoms with Crippen LogP contribution in [0.1, 0.15) is 42.6 Å². The zero-order valence-corrected chi connectivity index (χ0v) is 15.8. The molecule has 3 rings (SSSR count). The summed E-state index contributed by atoms with van der Waals surface area (Å²) in [5.74, 6) is -0.570. The van der Waals surface area contributed by atoms with Crippen LogP contribution in [0.5, 0.6) is 0 Å². The maximum absolute atomic E-state index is 12.3. The van der Waals surface area contributed by atoms with Crippen molar-refractivity contribution in [2.75, 3.05) is 26.2 Å². The molecule has 2 saturated heterocycles. The predicted molar refractivity (Wildman–Crippen MR) is 98.0 cm³/mol. The van der Waals surface area contributed by atoms with E-state index in [0.29, 0.717) is 31.6 Å². The van der Waals surface area contributed by atoms with Crippen molar-refractivity contribution in [1.82, 2.24) is 9.80 Å². The topological polar surface area (TPSA) is 76.2 Å². The lowest BCUT2D eigenvalue weighted by Crippen LogP contribution is -2.49. The number of nitrogens with zero attached hydrogens (tertiary/aromatic N) is 2. The van der Waals surface area contributed by atoms with E-state index in [1.165, 1.54) is 0 Å². The van der Waals surface area contributed by atoms with Gasteiger partial charge in [-0.15, -0.1) is 0 Å². The second-order valence-corrected chi connectivity index (χ2v) is 7.25. The minimum atomic E-state index is -0.526. The SMILES string of the molecule is C[C@@H]1CN(C(=O)COC(=O)c2ccc(CN3CCCC3=O)cc2)C[C@@H](C)O1. The highest BCUT2D eigenvalue weighted by atomic mass is 16.5. The molecule has 146 valence electrons. The number of ether oxygens (including phenoxy) is 2. The maximum Gasteiger partial charge on any atom is 0.338 e. The first kappa shape index (κ1) is 19.4. The van der Waals surface area contributed by atoms with Gasteiger partial charge in [-0.3, -0.25) is 9.59 Å². The van der Waals surface area contributed by atoms with Gasteiger partial charge in [-0.05, 0) is 38.0 Å². The quantitative estimate of drug-likeness (QED) is 0.732. The molecule has 0 saturated carbocycles. The van der Waals surface area contributed by atoms with Crippen LogP contribution < -0.4 is 0 Å². The van der Waals surface area contributed by atoms with Gasteiger partial charge < -0.3 is 19.3 Å². The summed E-state index contributed by atoms with van der Waals surface area (Å²) in [7, 11) is 0. The maximum atomic E-state index is 12.3. The van der Waals surface area contributed by atoms with Crippen molar-refractivity contribution < 1.29 is 23.9 Å². The number of rotatable bonds is 5. The lowest BCUT2D eigenvalue weighted by atomic mass is 10.1. The largest absolute Gasteiger partial charge is 0.452 e. The fourth-order valence-electron chi connectivity index (χ4n) is 3.52. The number of hydrogen-bond donors (Lipinski definition) is 0. The number of amides is 2. The Morgan fingerprint density at radius 3 is 2.41 bits per heavy atom. The fourth-order valence-corrected chi connectivity index (χ4v) is 3.52. The summed E-state index contributed by atoms with van der Waals surface area (Å²) in [6, 6.07) is 6.97. The normalized spacial score (nSPS) is 22.8. The molecule has 27 heavy (non-hydrogen) atoms. The minimum Gasteiger partial charge on any atom is -0.452 e. The van der Waals surface area contributed by atoms with E-state index in [9.17, 15) is 14.4 Å². The number of benzene rings is 1. The Hall–Kier alpha value is -2.41. The van der Waals surface area contributed by atoms with Gasteiger partial charge in [-0.1, -0.05) is 12.1 Å². The van der Waals surface area contributed by atoms with Crippen LogP contribution in [0.2, 0.25) is 0 Å². The van der Waals surface area contributed by atoms with Crippen LogP contribution in [0.15, 0.2) is 24.3 Å². The van der Waals surface area contributed by atoms with E-state index < -0.39 is 5.97 Å². The van der Waals surface area contributed by atoms with E-state index in [2.05, 4.69) is 0 Å². The molecule has 0 unspecified atom stereocenters. The minimum absolute atomic E-state index is 0.0246. The molecule has 2 fully saturated rings. The van der Waals surface area contributed by atoms with Gasteiger partial charge in [-0.2, -0.15) is 0 Å². The zero-order chi connectivity index (χ0) is 19.4. The third-order valence-corrected chi connectivity index (χ3v) is 4.83. The van der Waals surface area contributed by atoms with Gasteiger partial charge in [0.25, 0.3) is 5.91 Å². The lowest BCUT2D eigenvalue weighted by Gasteiger charge is -2.35. The van der Waals surface area contributed by atoms with Crippen LogP contribution in [-0.2, 0) is 25.6 Å². The van der Waals surface area contributed by atoms with Gasteiger partial charge in [0.2, 0.25) is 5.91 Å². The van der Waals surface area contributed by atoms with Crippen LogP contribution in [0.3, 0.4) is 0 Å². The lowest BCUT2D eigenvalue weighted by molar-refractivity contribution is -0.146. The molecule has 0 N–H and O–H groups in total. The van der Waals surface area contributed by atoms with E-state index in [4.69, 9.17) is 9.47 Å². The van der Waals surface area contributed by atoms with Gasteiger partial charge in [-0.25, -0.2) is 4.79 Å². The average molecular weight is 374 g/mol. The summed E-state index contributed by atoms with van der Waals surface area (Å²) in [5.41, 5.74) is 1.36. The highest BCUT2D eigenvalue weighted by molar-refractivity contribution is 5.91. The molecule has 0 bridgehead atoms. The predicted octanol–water partition coefficient (Wildman–Crippen LogP) is 1.60.